The Morgan fingerprint density at radius 1 is 1.50 bits per heavy atom. The van der Waals surface area contributed by atoms with Crippen LogP contribution >= 0.6 is 12.4 Å². The van der Waals surface area contributed by atoms with E-state index in [0.29, 0.717) is 13.2 Å². The second-order valence-electron chi connectivity index (χ2n) is 2.89. The molecule has 1 aromatic rings. The lowest BCUT2D eigenvalue weighted by atomic mass is 9.91. The molecule has 12 heavy (non-hydrogen) atoms. The topological polar surface area (TPSA) is 48.1 Å². The highest BCUT2D eigenvalue weighted by Crippen LogP contribution is 2.25. The molecule has 0 radical (unpaired) electrons. The first-order valence-corrected chi connectivity index (χ1v) is 3.58. The van der Waals surface area contributed by atoms with Gasteiger partial charge in [0, 0.05) is 12.4 Å². The fourth-order valence-electron chi connectivity index (χ4n) is 1.15. The minimum atomic E-state index is -0.270. The van der Waals surface area contributed by atoms with E-state index >= 15 is 0 Å². The Kier molecular flexibility index (Phi) is 2.67. The number of aromatic nitrogens is 1. The van der Waals surface area contributed by atoms with E-state index in [1.807, 2.05) is 12.1 Å². The predicted molar refractivity (Wildman–Crippen MR) is 48.2 cm³/mol. The standard InChI is InChI=1S/C8H10N2O.ClH/c9-8(5-11-6-8)7-2-1-3-10-4-7;/h1-4H,5-6,9H2;1H. The van der Waals surface area contributed by atoms with E-state index in [9.17, 15) is 0 Å². The van der Waals surface area contributed by atoms with Gasteiger partial charge in [0.2, 0.25) is 0 Å². The minimum Gasteiger partial charge on any atom is -0.377 e. The number of hydrogen-bond acceptors (Lipinski definition) is 3. The molecule has 0 atom stereocenters. The number of nitrogens with two attached hydrogens (primary N) is 1. The van der Waals surface area contributed by atoms with Gasteiger partial charge < -0.3 is 10.5 Å². The molecule has 66 valence electrons. The maximum absolute atomic E-state index is 5.96. The number of rotatable bonds is 1. The predicted octanol–water partition coefficient (Wildman–Crippen LogP) is 0.688. The van der Waals surface area contributed by atoms with Crippen LogP contribution in [0.1, 0.15) is 5.56 Å². The van der Waals surface area contributed by atoms with Crippen molar-refractivity contribution in [3.8, 4) is 0 Å². The normalized spacial score (nSPS) is 19.1. The van der Waals surface area contributed by atoms with E-state index in [0.717, 1.165) is 5.56 Å². The Bertz CT molecular complexity index is 248. The molecule has 0 amide bonds. The van der Waals surface area contributed by atoms with Gasteiger partial charge in [-0.1, -0.05) is 6.07 Å². The highest BCUT2D eigenvalue weighted by Gasteiger charge is 2.35. The molecule has 1 aromatic heterocycles. The lowest BCUT2D eigenvalue weighted by molar-refractivity contribution is -0.0570. The number of ether oxygens (including phenoxy) is 1. The zero-order valence-electron chi connectivity index (χ0n) is 6.56. The van der Waals surface area contributed by atoms with Crippen molar-refractivity contribution in [1.29, 1.82) is 0 Å². The molecule has 2 rings (SSSR count). The molecular weight excluding hydrogens is 176 g/mol. The maximum atomic E-state index is 5.96. The molecule has 3 nitrogen and oxygen atoms in total. The highest BCUT2D eigenvalue weighted by molar-refractivity contribution is 5.85. The molecule has 1 saturated heterocycles. The van der Waals surface area contributed by atoms with Gasteiger partial charge in [0.25, 0.3) is 0 Å². The summed E-state index contributed by atoms with van der Waals surface area (Å²) in [4.78, 5) is 4.00. The van der Waals surface area contributed by atoms with E-state index in [1.165, 1.54) is 0 Å². The van der Waals surface area contributed by atoms with Gasteiger partial charge in [-0.05, 0) is 11.6 Å². The van der Waals surface area contributed by atoms with Crippen LogP contribution in [0.4, 0.5) is 0 Å². The van der Waals surface area contributed by atoms with Crippen molar-refractivity contribution in [2.45, 2.75) is 5.54 Å². The van der Waals surface area contributed by atoms with E-state index in [2.05, 4.69) is 4.98 Å². The largest absolute Gasteiger partial charge is 0.377 e. The average molecular weight is 187 g/mol. The number of hydrogen-bond donors (Lipinski definition) is 1. The van der Waals surface area contributed by atoms with E-state index in [1.54, 1.807) is 12.4 Å². The summed E-state index contributed by atoms with van der Waals surface area (Å²) in [7, 11) is 0. The van der Waals surface area contributed by atoms with Gasteiger partial charge in [-0.3, -0.25) is 4.98 Å². The summed E-state index contributed by atoms with van der Waals surface area (Å²) in [6, 6.07) is 3.87. The summed E-state index contributed by atoms with van der Waals surface area (Å²) >= 11 is 0. The molecule has 1 aliphatic heterocycles. The third kappa shape index (κ3) is 1.43. The number of pyridine rings is 1. The molecule has 2 N–H and O–H groups in total. The fraction of sp³-hybridized carbons (Fsp3) is 0.375. The molecule has 0 bridgehead atoms. The average Bonchev–Trinajstić information content (AvgIpc) is 2.02. The van der Waals surface area contributed by atoms with Crippen molar-refractivity contribution < 1.29 is 4.74 Å². The summed E-state index contributed by atoms with van der Waals surface area (Å²) in [5, 5.41) is 0. The van der Waals surface area contributed by atoms with Crippen LogP contribution in [-0.4, -0.2) is 18.2 Å². The van der Waals surface area contributed by atoms with Crippen LogP contribution in [0.25, 0.3) is 0 Å². The van der Waals surface area contributed by atoms with Crippen molar-refractivity contribution in [2.24, 2.45) is 5.73 Å². The minimum absolute atomic E-state index is 0. The van der Waals surface area contributed by atoms with Crippen LogP contribution in [0.5, 0.6) is 0 Å². The lowest BCUT2D eigenvalue weighted by Crippen LogP contribution is -2.54. The number of halogens is 1. The Morgan fingerprint density at radius 3 is 2.67 bits per heavy atom. The smallest absolute Gasteiger partial charge is 0.0898 e. The Balaban J connectivity index is 0.000000720. The van der Waals surface area contributed by atoms with Gasteiger partial charge >= 0.3 is 0 Å². The SMILES string of the molecule is Cl.NC1(c2cccnc2)COC1. The molecule has 1 fully saturated rings. The van der Waals surface area contributed by atoms with E-state index in [-0.39, 0.29) is 17.9 Å². The van der Waals surface area contributed by atoms with Gasteiger partial charge in [0.1, 0.15) is 0 Å². The Labute approximate surface area is 77.3 Å². The molecule has 4 heteroatoms. The first-order chi connectivity index (χ1) is 5.31. The number of nitrogens with zero attached hydrogens (tertiary/aromatic N) is 1. The summed E-state index contributed by atoms with van der Waals surface area (Å²) in [5.41, 5.74) is 6.75. The van der Waals surface area contributed by atoms with Crippen LogP contribution in [0.15, 0.2) is 24.5 Å². The third-order valence-corrected chi connectivity index (χ3v) is 1.96. The third-order valence-electron chi connectivity index (χ3n) is 1.96. The van der Waals surface area contributed by atoms with Crippen molar-refractivity contribution in [1.82, 2.24) is 4.98 Å². The first kappa shape index (κ1) is 9.45. The quantitative estimate of drug-likeness (QED) is 0.702. The van der Waals surface area contributed by atoms with Crippen molar-refractivity contribution in [3.05, 3.63) is 30.1 Å². The van der Waals surface area contributed by atoms with Crippen molar-refractivity contribution in [2.75, 3.05) is 13.2 Å². The summed E-state index contributed by atoms with van der Waals surface area (Å²) in [5.74, 6) is 0. The molecule has 0 aromatic carbocycles. The molecule has 0 saturated carbocycles. The lowest BCUT2D eigenvalue weighted by Gasteiger charge is -2.37. The van der Waals surface area contributed by atoms with Crippen LogP contribution in [-0.2, 0) is 10.3 Å². The molecule has 0 spiro atoms. The molecule has 0 aliphatic carbocycles. The second-order valence-corrected chi connectivity index (χ2v) is 2.89. The Hall–Kier alpha value is -0.640. The fourth-order valence-corrected chi connectivity index (χ4v) is 1.15. The van der Waals surface area contributed by atoms with Gasteiger partial charge in [-0.15, -0.1) is 12.4 Å². The van der Waals surface area contributed by atoms with Crippen LogP contribution in [0, 0.1) is 0 Å². The van der Waals surface area contributed by atoms with Crippen molar-refractivity contribution in [3.63, 3.8) is 0 Å². The van der Waals surface area contributed by atoms with Gasteiger partial charge in [0.05, 0.1) is 18.8 Å². The van der Waals surface area contributed by atoms with Crippen LogP contribution in [0.2, 0.25) is 0 Å². The monoisotopic (exact) mass is 186 g/mol. The Morgan fingerprint density at radius 2 is 2.25 bits per heavy atom. The summed E-state index contributed by atoms with van der Waals surface area (Å²) in [6.07, 6.45) is 3.54. The summed E-state index contributed by atoms with van der Waals surface area (Å²) < 4.78 is 5.04. The molecular formula is C8H11ClN2O. The van der Waals surface area contributed by atoms with Gasteiger partial charge in [-0.25, -0.2) is 0 Å². The van der Waals surface area contributed by atoms with Crippen molar-refractivity contribution >= 4 is 12.4 Å². The molecule has 0 unspecified atom stereocenters. The van der Waals surface area contributed by atoms with Gasteiger partial charge in [-0.2, -0.15) is 0 Å². The summed E-state index contributed by atoms with van der Waals surface area (Å²) in [6.45, 7) is 1.22. The van der Waals surface area contributed by atoms with Crippen LogP contribution < -0.4 is 5.73 Å². The van der Waals surface area contributed by atoms with E-state index in [4.69, 9.17) is 10.5 Å². The van der Waals surface area contributed by atoms with Crippen LogP contribution in [0.3, 0.4) is 0 Å². The molecule has 1 aliphatic rings. The first-order valence-electron chi connectivity index (χ1n) is 3.58. The van der Waals surface area contributed by atoms with E-state index < -0.39 is 0 Å². The highest BCUT2D eigenvalue weighted by atomic mass is 35.5. The maximum Gasteiger partial charge on any atom is 0.0898 e. The second kappa shape index (κ2) is 3.39. The molecule has 2 heterocycles. The zero-order valence-corrected chi connectivity index (χ0v) is 7.38. The van der Waals surface area contributed by atoms with Gasteiger partial charge in [0.15, 0.2) is 0 Å². The zero-order chi connectivity index (χ0) is 7.73.